The maximum atomic E-state index is 12.6. The second kappa shape index (κ2) is 10.1. The molecule has 0 spiro atoms. The molecule has 4 rings (SSSR count). The van der Waals surface area contributed by atoms with E-state index in [0.717, 1.165) is 22.4 Å². The summed E-state index contributed by atoms with van der Waals surface area (Å²) in [6, 6.07) is 24.8. The Bertz CT molecular complexity index is 1230. The van der Waals surface area contributed by atoms with Crippen LogP contribution in [-0.4, -0.2) is 27.0 Å². The van der Waals surface area contributed by atoms with Gasteiger partial charge in [0.2, 0.25) is 0 Å². The van der Waals surface area contributed by atoms with Crippen molar-refractivity contribution < 1.29 is 9.59 Å². The fraction of sp³-hybridized carbons (Fsp3) is 0.115. The zero-order valence-electron chi connectivity index (χ0n) is 17.7. The summed E-state index contributed by atoms with van der Waals surface area (Å²) in [5.74, 6) is 0.218. The van der Waals surface area contributed by atoms with E-state index in [9.17, 15) is 9.59 Å². The predicted molar refractivity (Wildman–Crippen MR) is 127 cm³/mol. The number of hydrogen-bond donors (Lipinski definition) is 1. The Labute approximate surface area is 191 Å². The fourth-order valence-corrected chi connectivity index (χ4v) is 4.22. The molecule has 4 aromatic rings. The van der Waals surface area contributed by atoms with Crippen LogP contribution in [0.2, 0.25) is 0 Å². The third kappa shape index (κ3) is 5.15. The maximum Gasteiger partial charge on any atom is 0.251 e. The summed E-state index contributed by atoms with van der Waals surface area (Å²) in [6.07, 6.45) is 3.53. The number of nitrogens with zero attached hydrogens (tertiary/aromatic N) is 2. The van der Waals surface area contributed by atoms with Gasteiger partial charge in [-0.2, -0.15) is 0 Å². The molecule has 160 valence electrons. The van der Waals surface area contributed by atoms with Crippen LogP contribution >= 0.6 is 11.8 Å². The molecule has 0 aliphatic rings. The van der Waals surface area contributed by atoms with E-state index < -0.39 is 0 Å². The standard InChI is InChI=1S/C26H23N3O2S/c1-19-8-5-6-13-23(19)24(30)18-32-26-27-14-15-29(26)22-12-7-11-21(16-22)25(31)28-17-20-9-3-2-4-10-20/h2-16H,17-18H2,1H3,(H,28,31). The molecule has 0 aliphatic heterocycles. The van der Waals surface area contributed by atoms with Crippen LogP contribution in [0, 0.1) is 6.92 Å². The van der Waals surface area contributed by atoms with Gasteiger partial charge in [-0.1, -0.05) is 72.4 Å². The van der Waals surface area contributed by atoms with Crippen molar-refractivity contribution in [1.29, 1.82) is 0 Å². The van der Waals surface area contributed by atoms with E-state index in [1.807, 2.05) is 90.5 Å². The molecule has 0 bridgehead atoms. The van der Waals surface area contributed by atoms with E-state index >= 15 is 0 Å². The van der Waals surface area contributed by atoms with Gasteiger partial charge in [0.1, 0.15) is 0 Å². The van der Waals surface area contributed by atoms with Crippen LogP contribution in [0.3, 0.4) is 0 Å². The molecule has 1 heterocycles. The third-order valence-electron chi connectivity index (χ3n) is 5.07. The largest absolute Gasteiger partial charge is 0.348 e. The number of nitrogens with one attached hydrogen (secondary N) is 1. The van der Waals surface area contributed by atoms with Crippen molar-refractivity contribution in [2.24, 2.45) is 0 Å². The Balaban J connectivity index is 1.45. The number of carbonyl (C=O) groups is 2. The van der Waals surface area contributed by atoms with Gasteiger partial charge in [-0.25, -0.2) is 4.98 Å². The van der Waals surface area contributed by atoms with Crippen molar-refractivity contribution in [3.8, 4) is 5.69 Å². The van der Waals surface area contributed by atoms with Gasteiger partial charge in [-0.05, 0) is 36.2 Å². The summed E-state index contributed by atoms with van der Waals surface area (Å²) in [6.45, 7) is 2.41. The molecule has 1 aromatic heterocycles. The minimum Gasteiger partial charge on any atom is -0.348 e. The number of aryl methyl sites for hydroxylation is 1. The first kappa shape index (κ1) is 21.6. The average molecular weight is 442 g/mol. The van der Waals surface area contributed by atoms with Gasteiger partial charge in [-0.15, -0.1) is 0 Å². The molecular formula is C26H23N3O2S. The lowest BCUT2D eigenvalue weighted by atomic mass is 10.1. The van der Waals surface area contributed by atoms with Crippen molar-refractivity contribution in [2.45, 2.75) is 18.6 Å². The average Bonchev–Trinajstić information content (AvgIpc) is 3.31. The number of Topliss-reactive ketones (excluding diaryl/α,β-unsaturated/α-hetero) is 1. The van der Waals surface area contributed by atoms with Gasteiger partial charge in [0, 0.05) is 35.8 Å². The molecule has 3 aromatic carbocycles. The molecule has 0 aliphatic carbocycles. The van der Waals surface area contributed by atoms with E-state index in [1.54, 1.807) is 12.3 Å². The quantitative estimate of drug-likeness (QED) is 0.306. The number of rotatable bonds is 8. The van der Waals surface area contributed by atoms with Gasteiger partial charge in [0.05, 0.1) is 5.75 Å². The molecule has 0 saturated carbocycles. The molecular weight excluding hydrogens is 418 g/mol. The van der Waals surface area contributed by atoms with Crippen molar-refractivity contribution in [3.63, 3.8) is 0 Å². The number of hydrogen-bond acceptors (Lipinski definition) is 4. The van der Waals surface area contributed by atoms with Crippen molar-refractivity contribution in [2.75, 3.05) is 5.75 Å². The minimum atomic E-state index is -0.139. The molecule has 0 saturated heterocycles. The number of amides is 1. The fourth-order valence-electron chi connectivity index (χ4n) is 3.36. The second-order valence-electron chi connectivity index (χ2n) is 7.33. The van der Waals surface area contributed by atoms with Gasteiger partial charge in [-0.3, -0.25) is 14.2 Å². The Morgan fingerprint density at radius 1 is 0.969 bits per heavy atom. The molecule has 0 unspecified atom stereocenters. The zero-order valence-corrected chi connectivity index (χ0v) is 18.5. The number of aromatic nitrogens is 2. The maximum absolute atomic E-state index is 12.6. The van der Waals surface area contributed by atoms with E-state index in [4.69, 9.17) is 0 Å². The highest BCUT2D eigenvalue weighted by Crippen LogP contribution is 2.23. The smallest absolute Gasteiger partial charge is 0.251 e. The molecule has 0 atom stereocenters. The van der Waals surface area contributed by atoms with Crippen LogP contribution in [0.25, 0.3) is 5.69 Å². The summed E-state index contributed by atoms with van der Waals surface area (Å²) < 4.78 is 1.89. The zero-order chi connectivity index (χ0) is 22.3. The van der Waals surface area contributed by atoms with E-state index in [0.29, 0.717) is 23.0 Å². The van der Waals surface area contributed by atoms with Gasteiger partial charge in [0.15, 0.2) is 10.9 Å². The first-order chi connectivity index (χ1) is 15.6. The Morgan fingerprint density at radius 2 is 1.75 bits per heavy atom. The van der Waals surface area contributed by atoms with E-state index in [1.165, 1.54) is 11.8 Å². The summed E-state index contributed by atoms with van der Waals surface area (Å²) in [7, 11) is 0. The first-order valence-corrected chi connectivity index (χ1v) is 11.3. The monoisotopic (exact) mass is 441 g/mol. The summed E-state index contributed by atoms with van der Waals surface area (Å²) in [5.41, 5.74) is 4.13. The minimum absolute atomic E-state index is 0.0664. The van der Waals surface area contributed by atoms with Gasteiger partial charge in [0.25, 0.3) is 5.91 Å². The highest BCUT2D eigenvalue weighted by molar-refractivity contribution is 7.99. The number of ketones is 1. The van der Waals surface area contributed by atoms with Crippen LogP contribution < -0.4 is 5.32 Å². The Morgan fingerprint density at radius 3 is 2.56 bits per heavy atom. The molecule has 5 nitrogen and oxygen atoms in total. The highest BCUT2D eigenvalue weighted by Gasteiger charge is 2.13. The summed E-state index contributed by atoms with van der Waals surface area (Å²) >= 11 is 1.38. The van der Waals surface area contributed by atoms with Crippen molar-refractivity contribution in [1.82, 2.24) is 14.9 Å². The lowest BCUT2D eigenvalue weighted by molar-refractivity contribution is 0.0950. The first-order valence-electron chi connectivity index (χ1n) is 10.3. The molecule has 1 amide bonds. The number of carbonyl (C=O) groups excluding carboxylic acids is 2. The molecule has 32 heavy (non-hydrogen) atoms. The molecule has 0 fully saturated rings. The summed E-state index contributed by atoms with van der Waals surface area (Å²) in [5, 5.41) is 3.65. The Hall–Kier alpha value is -3.64. The highest BCUT2D eigenvalue weighted by atomic mass is 32.2. The third-order valence-corrected chi connectivity index (χ3v) is 6.03. The van der Waals surface area contributed by atoms with Crippen LogP contribution in [0.15, 0.2) is 96.4 Å². The summed E-state index contributed by atoms with van der Waals surface area (Å²) in [4.78, 5) is 29.7. The van der Waals surface area contributed by atoms with Gasteiger partial charge >= 0.3 is 0 Å². The topological polar surface area (TPSA) is 64.0 Å². The number of benzene rings is 3. The van der Waals surface area contributed by atoms with Crippen molar-refractivity contribution in [3.05, 3.63) is 114 Å². The van der Waals surface area contributed by atoms with Crippen LogP contribution in [-0.2, 0) is 6.54 Å². The van der Waals surface area contributed by atoms with Crippen LogP contribution in [0.4, 0.5) is 0 Å². The van der Waals surface area contributed by atoms with Crippen LogP contribution in [0.1, 0.15) is 31.8 Å². The van der Waals surface area contributed by atoms with Gasteiger partial charge < -0.3 is 5.32 Å². The molecule has 0 radical (unpaired) electrons. The number of thioether (sulfide) groups is 1. The predicted octanol–water partition coefficient (Wildman–Crippen LogP) is 5.09. The lowest BCUT2D eigenvalue weighted by Crippen LogP contribution is -2.22. The molecule has 6 heteroatoms. The van der Waals surface area contributed by atoms with E-state index in [2.05, 4.69) is 10.3 Å². The van der Waals surface area contributed by atoms with E-state index in [-0.39, 0.29) is 11.7 Å². The lowest BCUT2D eigenvalue weighted by Gasteiger charge is -2.10. The van der Waals surface area contributed by atoms with Crippen LogP contribution in [0.5, 0.6) is 0 Å². The normalized spacial score (nSPS) is 10.7. The molecule has 1 N–H and O–H groups in total. The Kier molecular flexibility index (Phi) is 6.82. The van der Waals surface area contributed by atoms with Crippen molar-refractivity contribution >= 4 is 23.5 Å². The SMILES string of the molecule is Cc1ccccc1C(=O)CSc1nccn1-c1cccc(C(=O)NCc2ccccc2)c1. The number of imidazole rings is 1. The second-order valence-corrected chi connectivity index (χ2v) is 8.27.